The zero-order chi connectivity index (χ0) is 17.6. The standard InChI is InChI=1S/C15H25N3O5/c1-10(2)9-11(17(3)4)15(22)16-8-7-14(21)23-18-12(19)5-6-13(18)20/h5-6,10-11,19-20H,7-9H2,1-4H3,(H,16,22). The fourth-order valence-electron chi connectivity index (χ4n) is 2.05. The first-order chi connectivity index (χ1) is 10.7. The number of carbonyl (C=O) groups excluding carboxylic acids is 2. The molecule has 1 rings (SSSR count). The molecule has 0 aliphatic rings. The van der Waals surface area contributed by atoms with Crippen molar-refractivity contribution in [1.29, 1.82) is 0 Å². The maximum atomic E-state index is 12.1. The molecule has 23 heavy (non-hydrogen) atoms. The second-order valence-corrected chi connectivity index (χ2v) is 5.96. The third kappa shape index (κ3) is 5.82. The van der Waals surface area contributed by atoms with E-state index in [1.165, 1.54) is 12.1 Å². The molecular weight excluding hydrogens is 302 g/mol. The minimum absolute atomic E-state index is 0.0787. The molecule has 0 fully saturated rings. The number of hydrogen-bond donors (Lipinski definition) is 3. The molecule has 8 heteroatoms. The summed E-state index contributed by atoms with van der Waals surface area (Å²) in [6, 6.07) is 2.12. The predicted molar refractivity (Wildman–Crippen MR) is 83.9 cm³/mol. The van der Waals surface area contributed by atoms with Gasteiger partial charge >= 0.3 is 5.97 Å². The van der Waals surface area contributed by atoms with Gasteiger partial charge in [-0.2, -0.15) is 0 Å². The number of aromatic nitrogens is 1. The van der Waals surface area contributed by atoms with Gasteiger partial charge in [-0.1, -0.05) is 13.8 Å². The number of aromatic hydroxyl groups is 2. The van der Waals surface area contributed by atoms with Crippen LogP contribution >= 0.6 is 0 Å². The number of hydrogen-bond acceptors (Lipinski definition) is 6. The monoisotopic (exact) mass is 327 g/mol. The van der Waals surface area contributed by atoms with E-state index >= 15 is 0 Å². The van der Waals surface area contributed by atoms with Crippen molar-refractivity contribution < 1.29 is 24.6 Å². The highest BCUT2D eigenvalue weighted by molar-refractivity contribution is 5.82. The van der Waals surface area contributed by atoms with Crippen LogP contribution < -0.4 is 10.2 Å². The van der Waals surface area contributed by atoms with Crippen molar-refractivity contribution in [2.45, 2.75) is 32.7 Å². The van der Waals surface area contributed by atoms with Gasteiger partial charge in [0, 0.05) is 18.7 Å². The highest BCUT2D eigenvalue weighted by Crippen LogP contribution is 2.18. The van der Waals surface area contributed by atoms with Crippen LogP contribution in [0.2, 0.25) is 0 Å². The van der Waals surface area contributed by atoms with Crippen molar-refractivity contribution in [3.05, 3.63) is 12.1 Å². The second kappa shape index (κ2) is 8.42. The van der Waals surface area contributed by atoms with Gasteiger partial charge in [-0.3, -0.25) is 9.69 Å². The van der Waals surface area contributed by atoms with Crippen molar-refractivity contribution >= 4 is 11.9 Å². The van der Waals surface area contributed by atoms with Crippen LogP contribution in [0.15, 0.2) is 12.1 Å². The molecule has 0 bridgehead atoms. The molecule has 1 heterocycles. The topological polar surface area (TPSA) is 104 Å². The van der Waals surface area contributed by atoms with Gasteiger partial charge < -0.3 is 20.4 Å². The summed E-state index contributed by atoms with van der Waals surface area (Å²) in [4.78, 5) is 30.4. The van der Waals surface area contributed by atoms with Gasteiger partial charge in [0.1, 0.15) is 0 Å². The summed E-state index contributed by atoms with van der Waals surface area (Å²) in [7, 11) is 3.66. The normalized spacial score (nSPS) is 12.4. The molecule has 0 aromatic carbocycles. The Morgan fingerprint density at radius 1 is 1.26 bits per heavy atom. The summed E-state index contributed by atoms with van der Waals surface area (Å²) in [6.07, 6.45) is 0.638. The molecule has 1 aromatic rings. The van der Waals surface area contributed by atoms with Crippen LogP contribution in [0.1, 0.15) is 26.7 Å². The van der Waals surface area contributed by atoms with E-state index in [1.807, 2.05) is 32.8 Å². The average Bonchev–Trinajstić information content (AvgIpc) is 2.76. The Kier molecular flexibility index (Phi) is 6.89. The Hall–Kier alpha value is -2.22. The highest BCUT2D eigenvalue weighted by Gasteiger charge is 2.22. The third-order valence-corrected chi connectivity index (χ3v) is 3.24. The molecule has 1 amide bonds. The molecule has 0 spiro atoms. The van der Waals surface area contributed by atoms with Crippen LogP contribution in [0.5, 0.6) is 11.8 Å². The zero-order valence-corrected chi connectivity index (χ0v) is 13.9. The Morgan fingerprint density at radius 2 is 1.83 bits per heavy atom. The molecule has 1 aromatic heterocycles. The Bertz CT molecular complexity index is 520. The predicted octanol–water partition coefficient (Wildman–Crippen LogP) is 0.337. The summed E-state index contributed by atoms with van der Waals surface area (Å²) >= 11 is 0. The first-order valence-electron chi connectivity index (χ1n) is 7.47. The highest BCUT2D eigenvalue weighted by atomic mass is 16.7. The molecule has 8 nitrogen and oxygen atoms in total. The van der Waals surface area contributed by atoms with Crippen LogP contribution in [0, 0.1) is 5.92 Å². The Balaban J connectivity index is 2.43. The van der Waals surface area contributed by atoms with Crippen molar-refractivity contribution in [2.24, 2.45) is 5.92 Å². The van der Waals surface area contributed by atoms with E-state index in [9.17, 15) is 19.8 Å². The second-order valence-electron chi connectivity index (χ2n) is 5.96. The molecule has 0 aliphatic carbocycles. The van der Waals surface area contributed by atoms with Crippen molar-refractivity contribution in [2.75, 3.05) is 20.6 Å². The molecule has 0 radical (unpaired) electrons. The lowest BCUT2D eigenvalue weighted by molar-refractivity contribution is -0.145. The molecule has 3 N–H and O–H groups in total. The fraction of sp³-hybridized carbons (Fsp3) is 0.600. The lowest BCUT2D eigenvalue weighted by Crippen LogP contribution is -2.45. The lowest BCUT2D eigenvalue weighted by atomic mass is 10.0. The number of nitrogens with one attached hydrogen (secondary N) is 1. The number of amides is 1. The average molecular weight is 327 g/mol. The Morgan fingerprint density at radius 3 is 2.30 bits per heavy atom. The van der Waals surface area contributed by atoms with Crippen molar-refractivity contribution in [3.8, 4) is 11.8 Å². The summed E-state index contributed by atoms with van der Waals surface area (Å²) in [5.41, 5.74) is 0. The van der Waals surface area contributed by atoms with Crippen LogP contribution in [0.4, 0.5) is 0 Å². The zero-order valence-electron chi connectivity index (χ0n) is 13.9. The van der Waals surface area contributed by atoms with Crippen LogP contribution in [-0.2, 0) is 9.59 Å². The van der Waals surface area contributed by atoms with Crippen molar-refractivity contribution in [1.82, 2.24) is 14.9 Å². The SMILES string of the molecule is CC(C)CC(C(=O)NCCC(=O)On1c(O)ccc1O)N(C)C. The van der Waals surface area contributed by atoms with E-state index in [1.54, 1.807) is 0 Å². The minimum atomic E-state index is -0.683. The number of carbonyl (C=O) groups is 2. The van der Waals surface area contributed by atoms with Gasteiger partial charge in [0.2, 0.25) is 17.7 Å². The van der Waals surface area contributed by atoms with Gasteiger partial charge in [-0.25, -0.2) is 4.79 Å². The van der Waals surface area contributed by atoms with Crippen LogP contribution in [0.25, 0.3) is 0 Å². The minimum Gasteiger partial charge on any atom is -0.492 e. The van der Waals surface area contributed by atoms with E-state index in [2.05, 4.69) is 5.32 Å². The molecule has 130 valence electrons. The molecule has 1 unspecified atom stereocenters. The quantitative estimate of drug-likeness (QED) is 0.636. The smallest absolute Gasteiger partial charge is 0.334 e. The Labute approximate surface area is 135 Å². The van der Waals surface area contributed by atoms with Gasteiger partial charge in [0.05, 0.1) is 12.5 Å². The maximum Gasteiger partial charge on any atom is 0.334 e. The van der Waals surface area contributed by atoms with Crippen LogP contribution in [0.3, 0.4) is 0 Å². The molecule has 0 saturated heterocycles. The van der Waals surface area contributed by atoms with Gasteiger partial charge in [-0.05, 0) is 26.4 Å². The number of rotatable bonds is 8. The van der Waals surface area contributed by atoms with E-state index < -0.39 is 5.97 Å². The van der Waals surface area contributed by atoms with Crippen LogP contribution in [-0.4, -0.2) is 58.4 Å². The molecular formula is C15H25N3O5. The number of likely N-dealkylation sites (N-methyl/N-ethyl adjacent to an activating group) is 1. The van der Waals surface area contributed by atoms with Gasteiger partial charge in [-0.15, -0.1) is 4.73 Å². The first-order valence-corrected chi connectivity index (χ1v) is 7.47. The van der Waals surface area contributed by atoms with E-state index in [0.717, 1.165) is 0 Å². The van der Waals surface area contributed by atoms with E-state index in [4.69, 9.17) is 4.84 Å². The molecule has 0 aliphatic heterocycles. The van der Waals surface area contributed by atoms with E-state index in [0.29, 0.717) is 17.1 Å². The fourth-order valence-corrected chi connectivity index (χ4v) is 2.05. The lowest BCUT2D eigenvalue weighted by Gasteiger charge is -2.24. The molecule has 1 atom stereocenters. The molecule has 0 saturated carbocycles. The third-order valence-electron chi connectivity index (χ3n) is 3.24. The first kappa shape index (κ1) is 18.8. The summed E-state index contributed by atoms with van der Waals surface area (Å²) in [5.74, 6) is -1.23. The van der Waals surface area contributed by atoms with Gasteiger partial charge in [0.15, 0.2) is 0 Å². The summed E-state index contributed by atoms with van der Waals surface area (Å²) < 4.78 is 0.617. The largest absolute Gasteiger partial charge is 0.492 e. The number of nitrogens with zero attached hydrogens (tertiary/aromatic N) is 2. The summed E-state index contributed by atoms with van der Waals surface area (Å²) in [5, 5.41) is 21.4. The maximum absolute atomic E-state index is 12.1. The van der Waals surface area contributed by atoms with E-state index in [-0.39, 0.29) is 36.7 Å². The van der Waals surface area contributed by atoms with Crippen molar-refractivity contribution in [3.63, 3.8) is 0 Å². The summed E-state index contributed by atoms with van der Waals surface area (Å²) in [6.45, 7) is 4.19. The van der Waals surface area contributed by atoms with Gasteiger partial charge in [0.25, 0.3) is 0 Å².